The molecule has 3 aromatic rings. The van der Waals surface area contributed by atoms with Crippen LogP contribution < -0.4 is 5.32 Å². The van der Waals surface area contributed by atoms with Gasteiger partial charge in [-0.05, 0) is 51.5 Å². The van der Waals surface area contributed by atoms with Crippen molar-refractivity contribution in [3.05, 3.63) is 58.3 Å². The second kappa shape index (κ2) is 5.63. The number of nitro groups is 1. The third kappa shape index (κ3) is 3.08. The predicted octanol–water partition coefficient (Wildman–Crippen LogP) is 4.43. The number of aryl methyl sites for hydroxylation is 1. The summed E-state index contributed by atoms with van der Waals surface area (Å²) in [4.78, 5) is 15.2. The molecule has 0 fully saturated rings. The number of hydrogen-bond donors (Lipinski definition) is 1. The number of hydrogen-bond acceptors (Lipinski definition) is 4. The first kappa shape index (κ1) is 16.0. The van der Waals surface area contributed by atoms with E-state index in [0.29, 0.717) is 0 Å². The van der Waals surface area contributed by atoms with E-state index in [4.69, 9.17) is 4.98 Å². The Kier molecular flexibility index (Phi) is 3.75. The minimum absolute atomic E-state index is 0.0729. The molecule has 0 radical (unpaired) electrons. The zero-order valence-electron chi connectivity index (χ0n) is 14.2. The van der Waals surface area contributed by atoms with Crippen LogP contribution in [0.4, 0.5) is 11.5 Å². The maximum Gasteiger partial charge on any atom is 0.269 e. The van der Waals surface area contributed by atoms with Gasteiger partial charge in [-0.1, -0.05) is 6.07 Å². The molecular weight excluding hydrogens is 304 g/mol. The lowest BCUT2D eigenvalue weighted by atomic mass is 10.1. The van der Waals surface area contributed by atoms with E-state index in [1.54, 1.807) is 12.1 Å². The maximum atomic E-state index is 10.9. The van der Waals surface area contributed by atoms with Crippen LogP contribution in [0.2, 0.25) is 0 Å². The Morgan fingerprint density at radius 3 is 2.38 bits per heavy atom. The van der Waals surface area contributed by atoms with Gasteiger partial charge in [0, 0.05) is 29.4 Å². The summed E-state index contributed by atoms with van der Waals surface area (Å²) in [5, 5.41) is 14.4. The van der Waals surface area contributed by atoms with Gasteiger partial charge in [-0.3, -0.25) is 14.5 Å². The highest BCUT2D eigenvalue weighted by Gasteiger charge is 2.19. The van der Waals surface area contributed by atoms with Gasteiger partial charge >= 0.3 is 0 Å². The minimum Gasteiger partial charge on any atom is -0.365 e. The molecule has 1 N–H and O–H groups in total. The Morgan fingerprint density at radius 2 is 1.79 bits per heavy atom. The number of nitrogens with one attached hydrogen (secondary N) is 1. The normalized spacial score (nSPS) is 11.7. The van der Waals surface area contributed by atoms with Gasteiger partial charge in [0.15, 0.2) is 0 Å². The first-order chi connectivity index (χ1) is 11.2. The third-order valence-electron chi connectivity index (χ3n) is 3.61. The van der Waals surface area contributed by atoms with E-state index in [9.17, 15) is 10.1 Å². The quantitative estimate of drug-likeness (QED) is 0.571. The van der Waals surface area contributed by atoms with Crippen molar-refractivity contribution in [3.63, 3.8) is 0 Å². The van der Waals surface area contributed by atoms with Gasteiger partial charge in [-0.25, -0.2) is 4.98 Å². The molecule has 6 nitrogen and oxygen atoms in total. The molecule has 0 atom stereocenters. The summed E-state index contributed by atoms with van der Waals surface area (Å²) >= 11 is 0. The number of non-ortho nitro benzene ring substituents is 1. The summed E-state index contributed by atoms with van der Waals surface area (Å²) in [7, 11) is 0. The molecule has 6 heteroatoms. The van der Waals surface area contributed by atoms with Crippen LogP contribution in [0, 0.1) is 17.0 Å². The number of benzene rings is 1. The van der Waals surface area contributed by atoms with Crippen LogP contribution in [-0.4, -0.2) is 19.8 Å². The number of nitro benzene ring substituents is 1. The summed E-state index contributed by atoms with van der Waals surface area (Å²) in [5.41, 5.74) is 3.52. The standard InChI is InChI=1S/C18H20N4O2/c1-12-5-10-15-19-16(13-6-8-14(9-7-13)22(23)24)17(21(15)11-12)20-18(2,3)4/h5-11,20H,1-4H3. The zero-order chi connectivity index (χ0) is 17.5. The van der Waals surface area contributed by atoms with Crippen molar-refractivity contribution < 1.29 is 4.92 Å². The molecule has 0 aliphatic heterocycles. The van der Waals surface area contributed by atoms with Gasteiger partial charge in [0.1, 0.15) is 17.2 Å². The predicted molar refractivity (Wildman–Crippen MR) is 95.4 cm³/mol. The molecule has 0 aliphatic carbocycles. The Labute approximate surface area is 140 Å². The average molecular weight is 324 g/mol. The Balaban J connectivity index is 2.18. The van der Waals surface area contributed by atoms with Gasteiger partial charge in [0.05, 0.1) is 4.92 Å². The van der Waals surface area contributed by atoms with Gasteiger partial charge in [0.25, 0.3) is 5.69 Å². The van der Waals surface area contributed by atoms with Crippen LogP contribution in [0.25, 0.3) is 16.9 Å². The van der Waals surface area contributed by atoms with Crippen molar-refractivity contribution in [2.75, 3.05) is 5.32 Å². The summed E-state index contributed by atoms with van der Waals surface area (Å²) in [6.07, 6.45) is 2.03. The second-order valence-electron chi connectivity index (χ2n) is 6.92. The molecule has 124 valence electrons. The number of nitrogens with zero attached hydrogens (tertiary/aromatic N) is 3. The molecule has 2 aromatic heterocycles. The van der Waals surface area contributed by atoms with Gasteiger partial charge < -0.3 is 5.32 Å². The van der Waals surface area contributed by atoms with Crippen LogP contribution in [0.3, 0.4) is 0 Å². The van der Waals surface area contributed by atoms with Gasteiger partial charge in [-0.15, -0.1) is 0 Å². The van der Waals surface area contributed by atoms with Crippen LogP contribution in [0.5, 0.6) is 0 Å². The molecule has 0 saturated heterocycles. The average Bonchev–Trinajstić information content (AvgIpc) is 2.84. The van der Waals surface area contributed by atoms with Crippen LogP contribution in [0.15, 0.2) is 42.6 Å². The molecule has 0 saturated carbocycles. The Bertz CT molecular complexity index is 905. The molecular formula is C18H20N4O2. The van der Waals surface area contributed by atoms with E-state index in [1.807, 2.05) is 29.7 Å². The summed E-state index contributed by atoms with van der Waals surface area (Å²) in [6.45, 7) is 8.29. The summed E-state index contributed by atoms with van der Waals surface area (Å²) in [5.74, 6) is 0.884. The van der Waals surface area contributed by atoms with E-state index in [2.05, 4.69) is 26.1 Å². The third-order valence-corrected chi connectivity index (χ3v) is 3.61. The van der Waals surface area contributed by atoms with Crippen LogP contribution >= 0.6 is 0 Å². The van der Waals surface area contributed by atoms with E-state index in [0.717, 1.165) is 28.3 Å². The highest BCUT2D eigenvalue weighted by atomic mass is 16.6. The smallest absolute Gasteiger partial charge is 0.269 e. The van der Waals surface area contributed by atoms with E-state index in [-0.39, 0.29) is 11.2 Å². The monoisotopic (exact) mass is 324 g/mol. The molecule has 2 heterocycles. The summed E-state index contributed by atoms with van der Waals surface area (Å²) in [6, 6.07) is 10.5. The van der Waals surface area contributed by atoms with Gasteiger partial charge in [0.2, 0.25) is 0 Å². The molecule has 0 amide bonds. The largest absolute Gasteiger partial charge is 0.365 e. The topological polar surface area (TPSA) is 72.5 Å². The Hall–Kier alpha value is -2.89. The van der Waals surface area contributed by atoms with Crippen molar-refractivity contribution in [2.45, 2.75) is 33.2 Å². The molecule has 3 rings (SSSR count). The molecule has 0 aliphatic rings. The number of fused-ring (bicyclic) bond motifs is 1. The van der Waals surface area contributed by atoms with E-state index in [1.165, 1.54) is 12.1 Å². The molecule has 0 bridgehead atoms. The number of imidazole rings is 1. The zero-order valence-corrected chi connectivity index (χ0v) is 14.2. The number of aromatic nitrogens is 2. The van der Waals surface area contributed by atoms with Crippen molar-refractivity contribution in [2.24, 2.45) is 0 Å². The molecule has 24 heavy (non-hydrogen) atoms. The highest BCUT2D eigenvalue weighted by Crippen LogP contribution is 2.32. The fourth-order valence-corrected chi connectivity index (χ4v) is 2.57. The molecule has 0 spiro atoms. The van der Waals surface area contributed by atoms with Crippen LogP contribution in [0.1, 0.15) is 26.3 Å². The van der Waals surface area contributed by atoms with Crippen LogP contribution in [-0.2, 0) is 0 Å². The van der Waals surface area contributed by atoms with E-state index >= 15 is 0 Å². The SMILES string of the molecule is Cc1ccc2nc(-c3ccc([N+](=O)[O-])cc3)c(NC(C)(C)C)n2c1. The van der Waals surface area contributed by atoms with Crippen molar-refractivity contribution >= 4 is 17.2 Å². The maximum absolute atomic E-state index is 10.9. The first-order valence-corrected chi connectivity index (χ1v) is 7.76. The first-order valence-electron chi connectivity index (χ1n) is 7.76. The van der Waals surface area contributed by atoms with Gasteiger partial charge in [-0.2, -0.15) is 0 Å². The van der Waals surface area contributed by atoms with E-state index < -0.39 is 4.92 Å². The molecule has 0 unspecified atom stereocenters. The van der Waals surface area contributed by atoms with Crippen molar-refractivity contribution in [1.82, 2.24) is 9.38 Å². The fraction of sp³-hybridized carbons (Fsp3) is 0.278. The lowest BCUT2D eigenvalue weighted by Crippen LogP contribution is -2.27. The highest BCUT2D eigenvalue weighted by molar-refractivity contribution is 5.77. The molecule has 1 aromatic carbocycles. The van der Waals surface area contributed by atoms with Crippen molar-refractivity contribution in [3.8, 4) is 11.3 Å². The lowest BCUT2D eigenvalue weighted by molar-refractivity contribution is -0.384. The Morgan fingerprint density at radius 1 is 1.12 bits per heavy atom. The second-order valence-corrected chi connectivity index (χ2v) is 6.92. The number of anilines is 1. The number of pyridine rings is 1. The lowest BCUT2D eigenvalue weighted by Gasteiger charge is -2.22. The fourth-order valence-electron chi connectivity index (χ4n) is 2.57. The summed E-state index contributed by atoms with van der Waals surface area (Å²) < 4.78 is 2.03. The van der Waals surface area contributed by atoms with Crippen molar-refractivity contribution in [1.29, 1.82) is 0 Å². The number of rotatable bonds is 3. The minimum atomic E-state index is -0.398.